The van der Waals surface area contributed by atoms with Gasteiger partial charge < -0.3 is 28.7 Å². The third kappa shape index (κ3) is 15.3. The maximum Gasteiger partial charge on any atom is 0.413 e. The van der Waals surface area contributed by atoms with Crippen LogP contribution < -0.4 is 10.6 Å². The first-order chi connectivity index (χ1) is 27.2. The fourth-order valence-electron chi connectivity index (χ4n) is 7.94. The van der Waals surface area contributed by atoms with Crippen LogP contribution in [0.4, 0.5) is 19.2 Å². The van der Waals surface area contributed by atoms with E-state index in [1.807, 2.05) is 0 Å². The zero-order chi connectivity index (χ0) is 41.4. The predicted octanol–water partition coefficient (Wildman–Crippen LogP) is 6.60. The second-order valence-corrected chi connectivity index (χ2v) is 17.3. The van der Waals surface area contributed by atoms with Crippen molar-refractivity contribution in [3.63, 3.8) is 0 Å². The zero-order valence-corrected chi connectivity index (χ0v) is 35.0. The summed E-state index contributed by atoms with van der Waals surface area (Å²) < 4.78 is 22.1. The number of carbonyl (C=O) groups is 6. The van der Waals surface area contributed by atoms with Gasteiger partial charge in [0.05, 0.1) is 25.7 Å². The normalized spacial score (nSPS) is 20.7. The second kappa shape index (κ2) is 22.7. The summed E-state index contributed by atoms with van der Waals surface area (Å²) in [6.07, 6.45) is 14.5. The topological polar surface area (TPSA) is 185 Å². The van der Waals surface area contributed by atoms with Gasteiger partial charge in [0.25, 0.3) is 0 Å². The molecule has 16 heteroatoms. The van der Waals surface area contributed by atoms with Crippen LogP contribution in [-0.4, -0.2) is 122 Å². The largest absolute Gasteiger partial charge is 0.464 e. The van der Waals surface area contributed by atoms with Crippen molar-refractivity contribution in [3.05, 3.63) is 0 Å². The molecule has 0 aromatic heterocycles. The first-order valence-corrected chi connectivity index (χ1v) is 21.3. The predicted molar refractivity (Wildman–Crippen MR) is 212 cm³/mol. The van der Waals surface area contributed by atoms with Gasteiger partial charge in [-0.2, -0.15) is 0 Å². The van der Waals surface area contributed by atoms with E-state index < -0.39 is 53.7 Å². The number of carbonyl (C=O) groups excluding carboxylic acids is 6. The van der Waals surface area contributed by atoms with Crippen molar-refractivity contribution in [2.24, 2.45) is 28.7 Å². The van der Waals surface area contributed by atoms with Gasteiger partial charge >= 0.3 is 30.3 Å². The highest BCUT2D eigenvalue weighted by atomic mass is 16.6. The zero-order valence-electron chi connectivity index (χ0n) is 35.0. The van der Waals surface area contributed by atoms with Crippen molar-refractivity contribution in [1.82, 2.24) is 25.3 Å². The first-order valence-electron chi connectivity index (χ1n) is 21.3. The Kier molecular flexibility index (Phi) is 18.2. The number of amides is 6. The summed E-state index contributed by atoms with van der Waals surface area (Å²) in [5.41, 5.74) is -0.683. The van der Waals surface area contributed by atoms with E-state index >= 15 is 0 Å². The Labute approximate surface area is 338 Å². The fourth-order valence-corrected chi connectivity index (χ4v) is 7.94. The quantitative estimate of drug-likeness (QED) is 0.0484. The van der Waals surface area contributed by atoms with Crippen molar-refractivity contribution < 1.29 is 47.7 Å². The van der Waals surface area contributed by atoms with E-state index in [1.165, 1.54) is 29.7 Å². The highest BCUT2D eigenvalue weighted by Gasteiger charge is 2.55. The number of nitrogens with zero attached hydrogens (tertiary/aromatic N) is 4. The molecule has 4 rings (SSSR count). The Morgan fingerprint density at radius 3 is 1.63 bits per heavy atom. The molecule has 1 saturated heterocycles. The number of likely N-dealkylation sites (tertiary alicyclic amines) is 1. The van der Waals surface area contributed by atoms with Gasteiger partial charge in [-0.1, -0.05) is 57.8 Å². The minimum Gasteiger partial charge on any atom is -0.464 e. The third-order valence-electron chi connectivity index (χ3n) is 11.4. The molecule has 57 heavy (non-hydrogen) atoms. The molecule has 6 amide bonds. The minimum atomic E-state index is -1.12. The number of ether oxygens (including phenoxy) is 4. The molecule has 4 aliphatic rings. The van der Waals surface area contributed by atoms with E-state index in [4.69, 9.17) is 18.9 Å². The third-order valence-corrected chi connectivity index (χ3v) is 11.4. The van der Waals surface area contributed by atoms with E-state index in [2.05, 4.69) is 15.6 Å². The molecular weight excluding hydrogens is 736 g/mol. The molecule has 0 aromatic carbocycles. The Bertz CT molecular complexity index is 1350. The van der Waals surface area contributed by atoms with Gasteiger partial charge in [0.15, 0.2) is 6.04 Å². The Morgan fingerprint density at radius 1 is 0.702 bits per heavy atom. The van der Waals surface area contributed by atoms with Crippen LogP contribution in [0.1, 0.15) is 130 Å². The number of nitrogens with one attached hydrogen (secondary N) is 2. The monoisotopic (exact) mass is 804 g/mol. The average molecular weight is 805 g/mol. The average Bonchev–Trinajstić information content (AvgIpc) is 3.19. The van der Waals surface area contributed by atoms with E-state index in [1.54, 1.807) is 27.8 Å². The molecule has 1 unspecified atom stereocenters. The minimum absolute atomic E-state index is 0.0830. The fraction of sp³-hybridized carbons (Fsp3) is 0.829. The van der Waals surface area contributed by atoms with Crippen LogP contribution in [0.5, 0.6) is 0 Å². The lowest BCUT2D eigenvalue weighted by Gasteiger charge is -2.45. The van der Waals surface area contributed by atoms with E-state index in [9.17, 15) is 28.8 Å². The summed E-state index contributed by atoms with van der Waals surface area (Å²) in [6, 6.07) is -1.79. The molecular formula is C41H68N6O10. The van der Waals surface area contributed by atoms with Crippen LogP contribution in [0.25, 0.3) is 0 Å². The van der Waals surface area contributed by atoms with Crippen LogP contribution in [0, 0.1) is 23.7 Å². The smallest absolute Gasteiger partial charge is 0.413 e. The van der Waals surface area contributed by atoms with Crippen LogP contribution in [0.2, 0.25) is 0 Å². The molecule has 4 fully saturated rings. The number of urea groups is 1. The molecule has 0 aromatic rings. The molecule has 322 valence electrons. The van der Waals surface area contributed by atoms with Crippen LogP contribution in [0.3, 0.4) is 0 Å². The molecule has 1 aliphatic heterocycles. The Balaban J connectivity index is 1.37. The van der Waals surface area contributed by atoms with E-state index in [0.717, 1.165) is 88.4 Å². The Hall–Kier alpha value is -4.11. The standard InChI is InChI=1S/C41H68N6O10/c1-41(2,3)57-40(53)46(5)25-24-45(4)39(52)47-33(35(49)54-26-29-16-9-6-10-17-29)32(34(47)48)22-15-23-42-36(43-37(50)55-27-30-18-11-7-12-19-30)44-38(51)56-28-31-20-13-8-14-21-31/h29-33H,6-28H2,1-5H3,(H2,42,43,44,50,51)/t32-,33?/m1/s1. The number of likely N-dealkylation sites (N-methyl/N-ethyl adjacent to an activating group) is 2. The van der Waals surface area contributed by atoms with Crippen LogP contribution >= 0.6 is 0 Å². The second-order valence-electron chi connectivity index (χ2n) is 17.3. The van der Waals surface area contributed by atoms with Crippen molar-refractivity contribution in [3.8, 4) is 0 Å². The number of esters is 1. The van der Waals surface area contributed by atoms with Gasteiger partial charge in [-0.15, -0.1) is 0 Å². The SMILES string of the molecule is CN(CCN(C)C(=O)N1C(=O)[C@H](CCCN=C(NC(=O)OCC2CCCCC2)NC(=O)OCC2CCCCC2)C1C(=O)OCC1CCCCC1)C(=O)OC(C)(C)C. The number of β-lactam (4-membered cyclic amide) rings is 1. The van der Waals surface area contributed by atoms with Gasteiger partial charge in [-0.05, 0) is 89.9 Å². The maximum atomic E-state index is 13.6. The maximum absolute atomic E-state index is 13.6. The summed E-state index contributed by atoms with van der Waals surface area (Å²) >= 11 is 0. The van der Waals surface area contributed by atoms with Crippen molar-refractivity contribution in [1.29, 1.82) is 0 Å². The first kappa shape index (κ1) is 45.6. The Morgan fingerprint density at radius 2 is 1.16 bits per heavy atom. The van der Waals surface area contributed by atoms with Gasteiger partial charge in [-0.25, -0.2) is 28.9 Å². The summed E-state index contributed by atoms with van der Waals surface area (Å²) in [7, 11) is 3.06. The molecule has 0 spiro atoms. The van der Waals surface area contributed by atoms with Gasteiger partial charge in [0, 0.05) is 33.7 Å². The molecule has 3 aliphatic carbocycles. The number of imide groups is 1. The van der Waals surface area contributed by atoms with Gasteiger partial charge in [0.2, 0.25) is 11.9 Å². The molecule has 1 heterocycles. The number of alkyl carbamates (subject to hydrolysis) is 2. The van der Waals surface area contributed by atoms with Crippen LogP contribution in [0.15, 0.2) is 4.99 Å². The number of guanidine groups is 1. The molecule has 3 saturated carbocycles. The number of hydrogen-bond donors (Lipinski definition) is 2. The van der Waals surface area contributed by atoms with E-state index in [-0.39, 0.29) is 57.8 Å². The lowest BCUT2D eigenvalue weighted by atomic mass is 9.83. The molecule has 2 N–H and O–H groups in total. The van der Waals surface area contributed by atoms with Crippen LogP contribution in [-0.2, 0) is 28.5 Å². The van der Waals surface area contributed by atoms with Crippen molar-refractivity contribution in [2.45, 2.75) is 142 Å². The van der Waals surface area contributed by atoms with Gasteiger partial charge in [-0.3, -0.25) is 20.4 Å². The lowest BCUT2D eigenvalue weighted by molar-refractivity contribution is -0.171. The van der Waals surface area contributed by atoms with E-state index in [0.29, 0.717) is 18.3 Å². The summed E-state index contributed by atoms with van der Waals surface area (Å²) in [5.74, 6) is -1.27. The van der Waals surface area contributed by atoms with Gasteiger partial charge in [0.1, 0.15) is 5.60 Å². The number of aliphatic imine (C=N–C) groups is 1. The highest BCUT2D eigenvalue weighted by molar-refractivity contribution is 6.07. The molecule has 0 radical (unpaired) electrons. The number of hydrogen-bond acceptors (Lipinski definition) is 11. The molecule has 16 nitrogen and oxygen atoms in total. The van der Waals surface area contributed by atoms with Crippen molar-refractivity contribution >= 4 is 42.1 Å². The summed E-state index contributed by atoms with van der Waals surface area (Å²) in [4.78, 5) is 86.7. The highest BCUT2D eigenvalue weighted by Crippen LogP contribution is 2.34. The van der Waals surface area contributed by atoms with Crippen molar-refractivity contribution in [2.75, 3.05) is 53.6 Å². The lowest BCUT2D eigenvalue weighted by Crippen LogP contribution is -2.68. The molecule has 2 atom stereocenters. The number of rotatable bonds is 14. The molecule has 0 bridgehead atoms. The summed E-state index contributed by atoms with van der Waals surface area (Å²) in [5, 5.41) is 5.08. The summed E-state index contributed by atoms with van der Waals surface area (Å²) in [6.45, 7) is 6.39.